The standard InChI is InChI=1S/C19H24O/c1-14-9-11-15(12-10-14)13-18(20)16-7-5-6-8-17(16)19(2,3)4/h5-12,18,20H,13H2,1-4H3. The first kappa shape index (κ1) is 14.8. The first-order chi connectivity index (χ1) is 9.38. The maximum absolute atomic E-state index is 10.6. The molecule has 0 amide bonds. The number of hydrogen-bond acceptors (Lipinski definition) is 1. The van der Waals surface area contributed by atoms with Crippen LogP contribution in [0.4, 0.5) is 0 Å². The molecule has 0 saturated heterocycles. The van der Waals surface area contributed by atoms with Crippen molar-refractivity contribution >= 4 is 0 Å². The molecule has 0 saturated carbocycles. The molecule has 0 fully saturated rings. The summed E-state index contributed by atoms with van der Waals surface area (Å²) in [5, 5.41) is 10.6. The smallest absolute Gasteiger partial charge is 0.0833 e. The van der Waals surface area contributed by atoms with Gasteiger partial charge in [-0.3, -0.25) is 0 Å². The SMILES string of the molecule is Cc1ccc(CC(O)c2ccccc2C(C)(C)C)cc1. The molecule has 2 aromatic carbocycles. The van der Waals surface area contributed by atoms with Crippen LogP contribution in [0.5, 0.6) is 0 Å². The molecule has 0 spiro atoms. The molecule has 2 rings (SSSR count). The molecule has 106 valence electrons. The third-order valence-corrected chi connectivity index (χ3v) is 3.68. The molecule has 1 heteroatoms. The molecule has 0 radical (unpaired) electrons. The molecule has 20 heavy (non-hydrogen) atoms. The average Bonchev–Trinajstić information content (AvgIpc) is 2.40. The molecular formula is C19H24O. The Balaban J connectivity index is 2.25. The summed E-state index contributed by atoms with van der Waals surface area (Å²) in [6.07, 6.45) is 0.209. The summed E-state index contributed by atoms with van der Waals surface area (Å²) in [7, 11) is 0. The Hall–Kier alpha value is -1.60. The van der Waals surface area contributed by atoms with Crippen molar-refractivity contribution in [3.05, 3.63) is 70.8 Å². The minimum absolute atomic E-state index is 0.0465. The van der Waals surface area contributed by atoms with Crippen molar-refractivity contribution in [1.82, 2.24) is 0 Å². The van der Waals surface area contributed by atoms with Gasteiger partial charge in [0.25, 0.3) is 0 Å². The van der Waals surface area contributed by atoms with Gasteiger partial charge in [-0.15, -0.1) is 0 Å². The van der Waals surface area contributed by atoms with E-state index in [0.29, 0.717) is 6.42 Å². The first-order valence-corrected chi connectivity index (χ1v) is 7.21. The van der Waals surface area contributed by atoms with Crippen LogP contribution in [-0.4, -0.2) is 5.11 Å². The second-order valence-corrected chi connectivity index (χ2v) is 6.54. The minimum atomic E-state index is -0.451. The van der Waals surface area contributed by atoms with E-state index in [4.69, 9.17) is 0 Å². The van der Waals surface area contributed by atoms with Crippen molar-refractivity contribution in [2.45, 2.75) is 45.6 Å². The first-order valence-electron chi connectivity index (χ1n) is 7.21. The zero-order chi connectivity index (χ0) is 14.8. The number of rotatable bonds is 3. The third kappa shape index (κ3) is 3.49. The molecule has 0 aliphatic rings. The monoisotopic (exact) mass is 268 g/mol. The van der Waals surface area contributed by atoms with Gasteiger partial charge in [0.05, 0.1) is 6.10 Å². The van der Waals surface area contributed by atoms with Gasteiger partial charge in [0, 0.05) is 6.42 Å². The molecule has 0 aliphatic heterocycles. The third-order valence-electron chi connectivity index (χ3n) is 3.68. The summed E-state index contributed by atoms with van der Waals surface area (Å²) in [5.41, 5.74) is 4.73. The summed E-state index contributed by atoms with van der Waals surface area (Å²) in [6, 6.07) is 16.6. The van der Waals surface area contributed by atoms with E-state index >= 15 is 0 Å². The van der Waals surface area contributed by atoms with Crippen LogP contribution in [0.25, 0.3) is 0 Å². The highest BCUT2D eigenvalue weighted by molar-refractivity contribution is 5.35. The predicted molar refractivity (Wildman–Crippen MR) is 85.0 cm³/mol. The maximum atomic E-state index is 10.6. The number of aryl methyl sites for hydroxylation is 1. The van der Waals surface area contributed by atoms with Gasteiger partial charge in [0.2, 0.25) is 0 Å². The molecule has 0 aromatic heterocycles. The lowest BCUT2D eigenvalue weighted by molar-refractivity contribution is 0.176. The Bertz CT molecular complexity index is 561. The van der Waals surface area contributed by atoms with E-state index in [0.717, 1.165) is 5.56 Å². The number of aliphatic hydroxyl groups excluding tert-OH is 1. The van der Waals surface area contributed by atoms with Crippen LogP contribution in [0.15, 0.2) is 48.5 Å². The highest BCUT2D eigenvalue weighted by atomic mass is 16.3. The highest BCUT2D eigenvalue weighted by Crippen LogP contribution is 2.31. The zero-order valence-corrected chi connectivity index (χ0v) is 12.9. The Labute approximate surface area is 122 Å². The normalized spacial score (nSPS) is 13.2. The fraction of sp³-hybridized carbons (Fsp3) is 0.368. The number of hydrogen-bond donors (Lipinski definition) is 1. The van der Waals surface area contributed by atoms with Crippen molar-refractivity contribution in [3.8, 4) is 0 Å². The van der Waals surface area contributed by atoms with Crippen LogP contribution >= 0.6 is 0 Å². The number of benzene rings is 2. The molecule has 0 aliphatic carbocycles. The Morgan fingerprint density at radius 3 is 2.15 bits per heavy atom. The lowest BCUT2D eigenvalue weighted by Gasteiger charge is -2.25. The summed E-state index contributed by atoms with van der Waals surface area (Å²) in [5.74, 6) is 0. The lowest BCUT2D eigenvalue weighted by atomic mass is 9.81. The van der Waals surface area contributed by atoms with E-state index in [-0.39, 0.29) is 5.41 Å². The van der Waals surface area contributed by atoms with E-state index in [9.17, 15) is 5.11 Å². The van der Waals surface area contributed by atoms with E-state index < -0.39 is 6.10 Å². The second kappa shape index (κ2) is 5.80. The van der Waals surface area contributed by atoms with Crippen LogP contribution in [0, 0.1) is 6.92 Å². The minimum Gasteiger partial charge on any atom is -0.388 e. The quantitative estimate of drug-likeness (QED) is 0.864. The van der Waals surface area contributed by atoms with E-state index in [1.165, 1.54) is 16.7 Å². The van der Waals surface area contributed by atoms with Crippen molar-refractivity contribution < 1.29 is 5.11 Å². The van der Waals surface area contributed by atoms with Crippen LogP contribution in [0.2, 0.25) is 0 Å². The molecular weight excluding hydrogens is 244 g/mol. The molecule has 1 N–H and O–H groups in total. The Morgan fingerprint density at radius 2 is 1.55 bits per heavy atom. The number of aliphatic hydroxyl groups is 1. The lowest BCUT2D eigenvalue weighted by Crippen LogP contribution is -2.16. The van der Waals surface area contributed by atoms with Gasteiger partial charge in [0.15, 0.2) is 0 Å². The van der Waals surface area contributed by atoms with Crippen LogP contribution < -0.4 is 0 Å². The van der Waals surface area contributed by atoms with E-state index in [1.807, 2.05) is 18.2 Å². The van der Waals surface area contributed by atoms with E-state index in [1.54, 1.807) is 0 Å². The maximum Gasteiger partial charge on any atom is 0.0833 e. The average molecular weight is 268 g/mol. The van der Waals surface area contributed by atoms with Crippen LogP contribution in [0.3, 0.4) is 0 Å². The molecule has 0 bridgehead atoms. The van der Waals surface area contributed by atoms with Gasteiger partial charge < -0.3 is 5.11 Å². The molecule has 1 unspecified atom stereocenters. The highest BCUT2D eigenvalue weighted by Gasteiger charge is 2.21. The second-order valence-electron chi connectivity index (χ2n) is 6.54. The Kier molecular flexibility index (Phi) is 4.29. The topological polar surface area (TPSA) is 20.2 Å². The van der Waals surface area contributed by atoms with Gasteiger partial charge in [-0.2, -0.15) is 0 Å². The van der Waals surface area contributed by atoms with Crippen molar-refractivity contribution in [2.75, 3.05) is 0 Å². The summed E-state index contributed by atoms with van der Waals surface area (Å²) in [6.45, 7) is 8.63. The van der Waals surface area contributed by atoms with Gasteiger partial charge in [-0.1, -0.05) is 74.9 Å². The summed E-state index contributed by atoms with van der Waals surface area (Å²) < 4.78 is 0. The van der Waals surface area contributed by atoms with E-state index in [2.05, 4.69) is 58.0 Å². The predicted octanol–water partition coefficient (Wildman–Crippen LogP) is 4.57. The Morgan fingerprint density at radius 1 is 0.950 bits per heavy atom. The van der Waals surface area contributed by atoms with Crippen molar-refractivity contribution in [3.63, 3.8) is 0 Å². The fourth-order valence-corrected chi connectivity index (χ4v) is 2.53. The fourth-order valence-electron chi connectivity index (χ4n) is 2.53. The van der Waals surface area contributed by atoms with Crippen LogP contribution in [-0.2, 0) is 11.8 Å². The summed E-state index contributed by atoms with van der Waals surface area (Å²) >= 11 is 0. The van der Waals surface area contributed by atoms with Gasteiger partial charge in [0.1, 0.15) is 0 Å². The summed E-state index contributed by atoms with van der Waals surface area (Å²) in [4.78, 5) is 0. The van der Waals surface area contributed by atoms with Crippen molar-refractivity contribution in [1.29, 1.82) is 0 Å². The molecule has 1 atom stereocenters. The molecule has 1 nitrogen and oxygen atoms in total. The van der Waals surface area contributed by atoms with Gasteiger partial charge in [-0.05, 0) is 29.0 Å². The van der Waals surface area contributed by atoms with Gasteiger partial charge >= 0.3 is 0 Å². The van der Waals surface area contributed by atoms with Crippen molar-refractivity contribution in [2.24, 2.45) is 0 Å². The van der Waals surface area contributed by atoms with Crippen LogP contribution in [0.1, 0.15) is 49.1 Å². The van der Waals surface area contributed by atoms with Gasteiger partial charge in [-0.25, -0.2) is 0 Å². The zero-order valence-electron chi connectivity index (χ0n) is 12.9. The molecule has 0 heterocycles. The largest absolute Gasteiger partial charge is 0.388 e. The molecule has 2 aromatic rings.